The van der Waals surface area contributed by atoms with Crippen LogP contribution in [0.15, 0.2) is 36.4 Å². The first-order valence-corrected chi connectivity index (χ1v) is 9.13. The summed E-state index contributed by atoms with van der Waals surface area (Å²) in [7, 11) is 1.64. The summed E-state index contributed by atoms with van der Waals surface area (Å²) in [5, 5.41) is 4.02. The third-order valence-electron chi connectivity index (χ3n) is 4.02. The van der Waals surface area contributed by atoms with E-state index in [0.29, 0.717) is 29.0 Å². The van der Waals surface area contributed by atoms with Crippen LogP contribution < -0.4 is 14.8 Å². The van der Waals surface area contributed by atoms with Crippen molar-refractivity contribution in [2.24, 2.45) is 5.92 Å². The molecule has 0 amide bonds. The van der Waals surface area contributed by atoms with Crippen LogP contribution in [-0.2, 0) is 13.2 Å². The predicted octanol–water partition coefficient (Wildman–Crippen LogP) is 5.79. The quantitative estimate of drug-likeness (QED) is 0.542. The Morgan fingerprint density at radius 2 is 1.77 bits per heavy atom. The average Bonchev–Trinajstić information content (AvgIpc) is 2.58. The average molecular weight is 398 g/mol. The Morgan fingerprint density at radius 3 is 2.38 bits per heavy atom. The number of aryl methyl sites for hydroxylation is 1. The fourth-order valence-corrected chi connectivity index (χ4v) is 2.77. The molecule has 2 rings (SSSR count). The molecule has 0 spiro atoms. The van der Waals surface area contributed by atoms with Gasteiger partial charge in [0, 0.05) is 6.54 Å². The minimum Gasteiger partial charge on any atom is -0.493 e. The largest absolute Gasteiger partial charge is 0.493 e. The lowest BCUT2D eigenvalue weighted by molar-refractivity contribution is 0.284. The van der Waals surface area contributed by atoms with Crippen molar-refractivity contribution in [2.75, 3.05) is 13.7 Å². The van der Waals surface area contributed by atoms with Gasteiger partial charge in [-0.2, -0.15) is 0 Å². The van der Waals surface area contributed by atoms with Crippen molar-refractivity contribution in [3.8, 4) is 11.5 Å². The first-order chi connectivity index (χ1) is 12.0. The van der Waals surface area contributed by atoms with Crippen LogP contribution in [0.5, 0.6) is 11.5 Å². The second kappa shape index (κ2) is 11.3. The summed E-state index contributed by atoms with van der Waals surface area (Å²) in [6.07, 6.45) is 1.16. The van der Waals surface area contributed by atoms with E-state index in [0.717, 1.165) is 30.6 Å². The minimum atomic E-state index is 0. The zero-order valence-electron chi connectivity index (χ0n) is 16.0. The van der Waals surface area contributed by atoms with Crippen LogP contribution in [0.4, 0.5) is 0 Å². The molecule has 0 saturated heterocycles. The smallest absolute Gasteiger partial charge is 0.180 e. The summed E-state index contributed by atoms with van der Waals surface area (Å²) in [6.45, 7) is 8.73. The van der Waals surface area contributed by atoms with Crippen LogP contribution in [0.3, 0.4) is 0 Å². The van der Waals surface area contributed by atoms with E-state index in [1.807, 2.05) is 12.1 Å². The number of halogens is 2. The van der Waals surface area contributed by atoms with Crippen LogP contribution in [0, 0.1) is 12.8 Å². The van der Waals surface area contributed by atoms with Gasteiger partial charge in [0.25, 0.3) is 0 Å². The third-order valence-corrected chi connectivity index (χ3v) is 4.30. The van der Waals surface area contributed by atoms with E-state index in [9.17, 15) is 0 Å². The third kappa shape index (κ3) is 7.06. The number of benzene rings is 2. The highest BCUT2D eigenvalue weighted by Crippen LogP contribution is 2.37. The molecule has 0 unspecified atom stereocenters. The monoisotopic (exact) mass is 397 g/mol. The van der Waals surface area contributed by atoms with Gasteiger partial charge in [0.1, 0.15) is 6.61 Å². The topological polar surface area (TPSA) is 30.5 Å². The minimum absolute atomic E-state index is 0. The molecule has 2 aromatic carbocycles. The van der Waals surface area contributed by atoms with Crippen LogP contribution in [0.2, 0.25) is 5.02 Å². The molecule has 0 atom stereocenters. The highest BCUT2D eigenvalue weighted by molar-refractivity contribution is 6.32. The molecule has 0 fully saturated rings. The summed E-state index contributed by atoms with van der Waals surface area (Å²) in [4.78, 5) is 0. The van der Waals surface area contributed by atoms with E-state index >= 15 is 0 Å². The molecule has 0 bridgehead atoms. The van der Waals surface area contributed by atoms with Gasteiger partial charge in [-0.3, -0.25) is 0 Å². The van der Waals surface area contributed by atoms with E-state index in [2.05, 4.69) is 50.4 Å². The summed E-state index contributed by atoms with van der Waals surface area (Å²) < 4.78 is 11.4. The van der Waals surface area contributed by atoms with Gasteiger partial charge in [0.2, 0.25) is 0 Å². The van der Waals surface area contributed by atoms with Gasteiger partial charge in [-0.25, -0.2) is 0 Å². The highest BCUT2D eigenvalue weighted by Gasteiger charge is 2.12. The highest BCUT2D eigenvalue weighted by atomic mass is 35.5. The van der Waals surface area contributed by atoms with E-state index in [-0.39, 0.29) is 12.4 Å². The number of hydrogen-bond donors (Lipinski definition) is 1. The fraction of sp³-hybridized carbons (Fsp3) is 0.429. The lowest BCUT2D eigenvalue weighted by Gasteiger charge is -2.15. The van der Waals surface area contributed by atoms with E-state index in [1.165, 1.54) is 5.56 Å². The second-order valence-electron chi connectivity index (χ2n) is 6.74. The molecule has 0 aliphatic rings. The second-order valence-corrected chi connectivity index (χ2v) is 7.15. The molecule has 1 N–H and O–H groups in total. The Labute approximate surface area is 168 Å². The van der Waals surface area contributed by atoms with Crippen molar-refractivity contribution in [3.05, 3.63) is 58.1 Å². The van der Waals surface area contributed by atoms with Crippen molar-refractivity contribution in [1.29, 1.82) is 0 Å². The number of nitrogens with one attached hydrogen (secondary N) is 1. The lowest BCUT2D eigenvalue weighted by atomic mass is 10.1. The van der Waals surface area contributed by atoms with Gasteiger partial charge >= 0.3 is 0 Å². The summed E-state index contributed by atoms with van der Waals surface area (Å²) >= 11 is 6.44. The maximum absolute atomic E-state index is 6.44. The zero-order valence-corrected chi connectivity index (χ0v) is 17.5. The molecule has 0 radical (unpaired) electrons. The van der Waals surface area contributed by atoms with Crippen molar-refractivity contribution in [1.82, 2.24) is 5.32 Å². The Balaban J connectivity index is 0.00000338. The van der Waals surface area contributed by atoms with E-state index in [4.69, 9.17) is 21.1 Å². The Bertz CT molecular complexity index is 672. The molecule has 5 heteroatoms. The van der Waals surface area contributed by atoms with Gasteiger partial charge in [-0.05, 0) is 49.1 Å². The van der Waals surface area contributed by atoms with Crippen LogP contribution in [0.1, 0.15) is 37.0 Å². The molecule has 144 valence electrons. The maximum Gasteiger partial charge on any atom is 0.180 e. The molecule has 2 aromatic rings. The molecule has 0 aliphatic carbocycles. The van der Waals surface area contributed by atoms with E-state index < -0.39 is 0 Å². The van der Waals surface area contributed by atoms with Gasteiger partial charge < -0.3 is 14.8 Å². The summed E-state index contributed by atoms with van der Waals surface area (Å²) in [5.41, 5.74) is 3.42. The standard InChI is InChI=1S/C21H28ClNO2.ClH/c1-15(2)9-10-23-13-18-11-19(22)21(20(12-18)24-4)25-14-17-7-5-16(3)6-8-17;/h5-8,11-12,15,23H,9-10,13-14H2,1-4H3;1H. The van der Waals surface area contributed by atoms with Gasteiger partial charge in [-0.15, -0.1) is 12.4 Å². The molecule has 26 heavy (non-hydrogen) atoms. The molecule has 0 heterocycles. The predicted molar refractivity (Wildman–Crippen MR) is 112 cm³/mol. The normalized spacial score (nSPS) is 10.5. The van der Waals surface area contributed by atoms with E-state index in [1.54, 1.807) is 7.11 Å². The van der Waals surface area contributed by atoms with Crippen LogP contribution in [-0.4, -0.2) is 13.7 Å². The molecular formula is C21H29Cl2NO2. The Morgan fingerprint density at radius 1 is 1.08 bits per heavy atom. The first kappa shape index (κ1) is 22.6. The maximum atomic E-state index is 6.44. The molecule has 3 nitrogen and oxygen atoms in total. The molecular weight excluding hydrogens is 369 g/mol. The van der Waals surface area contributed by atoms with Crippen molar-refractivity contribution < 1.29 is 9.47 Å². The van der Waals surface area contributed by atoms with Gasteiger partial charge in [-0.1, -0.05) is 55.3 Å². The van der Waals surface area contributed by atoms with Crippen LogP contribution in [0.25, 0.3) is 0 Å². The van der Waals surface area contributed by atoms with Gasteiger partial charge in [0.05, 0.1) is 12.1 Å². The lowest BCUT2D eigenvalue weighted by Crippen LogP contribution is -2.16. The fourth-order valence-electron chi connectivity index (χ4n) is 2.48. The summed E-state index contributed by atoms with van der Waals surface area (Å²) in [5.74, 6) is 1.96. The SMILES string of the molecule is COc1cc(CNCCC(C)C)cc(Cl)c1OCc1ccc(C)cc1.Cl. The van der Waals surface area contributed by atoms with Gasteiger partial charge in [0.15, 0.2) is 11.5 Å². The van der Waals surface area contributed by atoms with Crippen molar-refractivity contribution in [2.45, 2.75) is 40.3 Å². The van der Waals surface area contributed by atoms with Crippen LogP contribution >= 0.6 is 24.0 Å². The number of rotatable bonds is 9. The first-order valence-electron chi connectivity index (χ1n) is 8.75. The Hall–Kier alpha value is -1.42. The number of ether oxygens (including phenoxy) is 2. The van der Waals surface area contributed by atoms with Crippen molar-refractivity contribution >= 4 is 24.0 Å². The summed E-state index contributed by atoms with van der Waals surface area (Å²) in [6, 6.07) is 12.2. The zero-order chi connectivity index (χ0) is 18.2. The number of methoxy groups -OCH3 is 1. The molecule has 0 aromatic heterocycles. The Kier molecular flexibility index (Phi) is 9.85. The number of hydrogen-bond acceptors (Lipinski definition) is 3. The van der Waals surface area contributed by atoms with Crippen molar-refractivity contribution in [3.63, 3.8) is 0 Å². The molecule has 0 aliphatic heterocycles. The molecule has 0 saturated carbocycles.